The highest BCUT2D eigenvalue weighted by Crippen LogP contribution is 2.41. The highest BCUT2D eigenvalue weighted by atomic mass is 79.9. The van der Waals surface area contributed by atoms with Crippen molar-refractivity contribution in [2.75, 3.05) is 37.1 Å². The summed E-state index contributed by atoms with van der Waals surface area (Å²) in [6, 6.07) is 18.9. The summed E-state index contributed by atoms with van der Waals surface area (Å²) in [4.78, 5) is 26.2. The molecule has 0 bridgehead atoms. The first kappa shape index (κ1) is 51.9. The van der Waals surface area contributed by atoms with Crippen molar-refractivity contribution in [3.8, 4) is 22.8 Å². The van der Waals surface area contributed by atoms with Crippen LogP contribution in [0.5, 0.6) is 0 Å². The van der Waals surface area contributed by atoms with Crippen LogP contribution in [0.1, 0.15) is 57.2 Å². The van der Waals surface area contributed by atoms with Crippen LogP contribution in [0.3, 0.4) is 0 Å². The Balaban J connectivity index is 0.000000145. The van der Waals surface area contributed by atoms with Crippen LogP contribution in [0.25, 0.3) is 50.2 Å². The van der Waals surface area contributed by atoms with Crippen LogP contribution in [-0.4, -0.2) is 74.7 Å². The van der Waals surface area contributed by atoms with Gasteiger partial charge in [-0.3, -0.25) is 19.9 Å². The molecule has 0 radical (unpaired) electrons. The average Bonchev–Trinajstić information content (AvgIpc) is 3.62. The van der Waals surface area contributed by atoms with Crippen molar-refractivity contribution < 1.29 is 36.3 Å². The van der Waals surface area contributed by atoms with E-state index in [0.717, 1.165) is 47.2 Å². The average molecular weight is 1070 g/mol. The summed E-state index contributed by atoms with van der Waals surface area (Å²) in [5.74, 6) is -2.72. The largest absolute Gasteiger partial charge is 0.490 e. The second kappa shape index (κ2) is 22.3. The fourth-order valence-electron chi connectivity index (χ4n) is 8.62. The monoisotopic (exact) mass is 1070 g/mol. The van der Waals surface area contributed by atoms with Crippen molar-refractivity contribution in [2.24, 2.45) is 0 Å². The SMILES string of the molecule is CC1(C)OB(C2=CCOCC2)OC1(C)C.Cc1c(-c2ccccn2)nc2cc(F)cc(F)c2c1Nc1cncc(Br)c1.Cc1c(-c2ccccn2)nc2cc(F)cc(F)c2c1Nc1cncc(C2=CCOCC2)c1. The summed E-state index contributed by atoms with van der Waals surface area (Å²) in [6.45, 7) is 14.7. The Hall–Kier alpha value is -6.96. The highest BCUT2D eigenvalue weighted by molar-refractivity contribution is 9.10. The number of halogens is 5. The van der Waals surface area contributed by atoms with Gasteiger partial charge in [0.2, 0.25) is 0 Å². The molecule has 2 aromatic carbocycles. The molecule has 0 spiro atoms. The molecule has 3 aliphatic rings. The van der Waals surface area contributed by atoms with Gasteiger partial charge < -0.3 is 29.4 Å². The number of aromatic nitrogens is 6. The Labute approximate surface area is 435 Å². The first-order valence-electron chi connectivity index (χ1n) is 24.0. The predicted octanol–water partition coefficient (Wildman–Crippen LogP) is 13.6. The molecular weight excluding hydrogens is 1020 g/mol. The number of ether oxygens (including phenoxy) is 2. The molecule has 0 saturated carbocycles. The predicted molar refractivity (Wildman–Crippen MR) is 285 cm³/mol. The van der Waals surface area contributed by atoms with Crippen molar-refractivity contribution in [1.29, 1.82) is 0 Å². The summed E-state index contributed by atoms with van der Waals surface area (Å²) >= 11 is 3.37. The van der Waals surface area contributed by atoms with E-state index in [1.807, 2.05) is 50.3 Å². The van der Waals surface area contributed by atoms with Gasteiger partial charge >= 0.3 is 7.12 Å². The number of pyridine rings is 6. The maximum absolute atomic E-state index is 14.9. The molecule has 1 fully saturated rings. The second-order valence-electron chi connectivity index (χ2n) is 18.8. The van der Waals surface area contributed by atoms with Crippen molar-refractivity contribution >= 4 is 73.2 Å². The minimum Gasteiger partial charge on any atom is -0.400 e. The number of rotatable bonds is 8. The van der Waals surface area contributed by atoms with E-state index in [4.69, 9.17) is 18.8 Å². The number of hydrogen-bond donors (Lipinski definition) is 2. The van der Waals surface area contributed by atoms with Crippen molar-refractivity contribution in [3.05, 3.63) is 172 Å². The molecule has 12 nitrogen and oxygen atoms in total. The molecule has 378 valence electrons. The molecule has 8 aromatic rings. The van der Waals surface area contributed by atoms with Gasteiger partial charge in [-0.15, -0.1) is 0 Å². The van der Waals surface area contributed by atoms with E-state index in [9.17, 15) is 17.6 Å². The Morgan fingerprint density at radius 3 is 1.59 bits per heavy atom. The molecule has 0 unspecified atom stereocenters. The molecule has 74 heavy (non-hydrogen) atoms. The molecular formula is C56H52BBrF4N8O4. The van der Waals surface area contributed by atoms with Crippen LogP contribution < -0.4 is 10.6 Å². The first-order chi connectivity index (χ1) is 35.5. The van der Waals surface area contributed by atoms with Crippen LogP contribution in [0.4, 0.5) is 40.3 Å². The topological polar surface area (TPSA) is 138 Å². The van der Waals surface area contributed by atoms with Gasteiger partial charge in [-0.1, -0.05) is 24.3 Å². The molecule has 11 rings (SSSR count). The molecule has 2 N–H and O–H groups in total. The van der Waals surface area contributed by atoms with Gasteiger partial charge in [0.25, 0.3) is 0 Å². The van der Waals surface area contributed by atoms with Crippen LogP contribution in [0.2, 0.25) is 0 Å². The van der Waals surface area contributed by atoms with E-state index in [0.29, 0.717) is 76.5 Å². The van der Waals surface area contributed by atoms with Gasteiger partial charge in [0.15, 0.2) is 0 Å². The summed E-state index contributed by atoms with van der Waals surface area (Å²) in [5, 5.41) is 6.96. The van der Waals surface area contributed by atoms with Crippen molar-refractivity contribution in [1.82, 2.24) is 29.9 Å². The van der Waals surface area contributed by atoms with Crippen LogP contribution in [0.15, 0.2) is 132 Å². The van der Waals surface area contributed by atoms with Gasteiger partial charge in [-0.25, -0.2) is 27.5 Å². The zero-order chi connectivity index (χ0) is 52.1. The number of anilines is 4. The molecule has 9 heterocycles. The first-order valence-corrected chi connectivity index (χ1v) is 24.7. The quantitative estimate of drug-likeness (QED) is 0.111. The maximum Gasteiger partial charge on any atom is 0.490 e. The third-order valence-corrected chi connectivity index (χ3v) is 13.6. The number of fused-ring (bicyclic) bond motifs is 2. The Morgan fingerprint density at radius 1 is 0.608 bits per heavy atom. The second-order valence-corrected chi connectivity index (χ2v) is 19.7. The standard InChI is InChI=1S/C25H20F2N4O.C20H13BrF2N4.C11H19BO3/c1-15-24(21-4-2-3-7-29-21)31-22-12-18(26)11-20(27)23(22)25(15)30-19-10-17(13-28-14-19)16-5-8-32-9-6-16;1-11-19(16-4-2-3-5-25-16)27-17-8-13(22)7-15(23)18(17)20(11)26-14-6-12(21)9-24-10-14;1-10(2)11(3,4)15-12(14-10)9-5-7-13-8-6-9/h2-5,7,10-14H,6,8-9H2,1H3,(H,30,31);2-10H,1H3,(H,26,27);5H,6-8H2,1-4H3. The van der Waals surface area contributed by atoms with E-state index in [2.05, 4.69) is 90.2 Å². The minimum atomic E-state index is -0.682. The summed E-state index contributed by atoms with van der Waals surface area (Å²) < 4.78 is 80.7. The van der Waals surface area contributed by atoms with Crippen LogP contribution >= 0.6 is 15.9 Å². The smallest absolute Gasteiger partial charge is 0.400 e. The number of nitrogens with zero attached hydrogens (tertiary/aromatic N) is 6. The molecule has 0 aliphatic carbocycles. The third-order valence-electron chi connectivity index (χ3n) is 13.2. The number of hydrogen-bond acceptors (Lipinski definition) is 12. The molecule has 1 saturated heterocycles. The summed E-state index contributed by atoms with van der Waals surface area (Å²) in [6.07, 6.45) is 15.9. The van der Waals surface area contributed by atoms with Gasteiger partial charge in [0.05, 0.1) is 117 Å². The lowest BCUT2D eigenvalue weighted by molar-refractivity contribution is 0.00578. The molecule has 6 aromatic heterocycles. The Bertz CT molecular complexity index is 3410. The van der Waals surface area contributed by atoms with Crippen molar-refractivity contribution in [2.45, 2.75) is 65.6 Å². The van der Waals surface area contributed by atoms with E-state index in [1.165, 1.54) is 17.6 Å². The molecule has 0 amide bonds. The van der Waals surface area contributed by atoms with E-state index < -0.39 is 23.3 Å². The summed E-state index contributed by atoms with van der Waals surface area (Å²) in [5.41, 5.74) is 9.44. The molecule has 0 atom stereocenters. The molecule has 3 aliphatic heterocycles. The van der Waals surface area contributed by atoms with Gasteiger partial charge in [0.1, 0.15) is 23.3 Å². The van der Waals surface area contributed by atoms with Gasteiger partial charge in [-0.05, 0) is 123 Å². The lowest BCUT2D eigenvalue weighted by Crippen LogP contribution is -2.41. The van der Waals surface area contributed by atoms with E-state index >= 15 is 0 Å². The Morgan fingerprint density at radius 2 is 1.12 bits per heavy atom. The van der Waals surface area contributed by atoms with Crippen molar-refractivity contribution in [3.63, 3.8) is 0 Å². The van der Waals surface area contributed by atoms with Gasteiger partial charge in [-0.2, -0.15) is 0 Å². The fourth-order valence-corrected chi connectivity index (χ4v) is 8.99. The highest BCUT2D eigenvalue weighted by Gasteiger charge is 2.52. The maximum atomic E-state index is 14.9. The van der Waals surface area contributed by atoms with Crippen LogP contribution in [0, 0.1) is 37.1 Å². The lowest BCUT2D eigenvalue weighted by atomic mass is 9.75. The zero-order valence-electron chi connectivity index (χ0n) is 41.6. The minimum absolute atomic E-state index is 0.182. The number of nitrogens with one attached hydrogen (secondary N) is 2. The Kier molecular flexibility index (Phi) is 15.6. The van der Waals surface area contributed by atoms with Gasteiger partial charge in [0, 0.05) is 64.7 Å². The normalized spacial score (nSPS) is 15.9. The molecule has 18 heteroatoms. The summed E-state index contributed by atoms with van der Waals surface area (Å²) in [7, 11) is -0.182. The van der Waals surface area contributed by atoms with Crippen LogP contribution in [-0.2, 0) is 18.8 Å². The van der Waals surface area contributed by atoms with E-state index in [-0.39, 0.29) is 40.1 Å². The zero-order valence-corrected chi connectivity index (χ0v) is 43.2. The fraction of sp³-hybridized carbons (Fsp3) is 0.250. The number of benzene rings is 2. The van der Waals surface area contributed by atoms with E-state index in [1.54, 1.807) is 55.4 Å². The lowest BCUT2D eigenvalue weighted by Gasteiger charge is -2.32. The third kappa shape index (κ3) is 11.5.